The molecular formula is C2H4O2. The van der Waals surface area contributed by atoms with Gasteiger partial charge >= 0.3 is 0 Å². The highest BCUT2D eigenvalue weighted by Crippen LogP contribution is 1.42. The zero-order valence-electron chi connectivity index (χ0n) is 4.86. The summed E-state index contributed by atoms with van der Waals surface area (Å²) in [5.74, 6) is -1.76. The van der Waals surface area contributed by atoms with Crippen LogP contribution < -0.4 is 0 Å². The zero-order chi connectivity index (χ0) is 6.08. The van der Waals surface area contributed by atoms with E-state index in [4.69, 9.17) is 9.22 Å². The fourth-order valence-corrected chi connectivity index (χ4v) is 0. The summed E-state index contributed by atoms with van der Waals surface area (Å²) in [6, 6.07) is 0. The van der Waals surface area contributed by atoms with E-state index in [1.807, 2.05) is 0 Å². The lowest BCUT2D eigenvalue weighted by atomic mass is 11.2. The van der Waals surface area contributed by atoms with E-state index >= 15 is 0 Å². The average Bonchev–Trinajstić information content (AvgIpc) is 1.31. The van der Waals surface area contributed by atoms with Gasteiger partial charge in [0.15, 0.2) is 0 Å². The molecule has 0 radical (unpaired) electrons. The molecule has 0 spiro atoms. The fourth-order valence-electron chi connectivity index (χ4n) is 0. The van der Waals surface area contributed by atoms with Gasteiger partial charge in [0.25, 0.3) is 5.97 Å². The number of carboxylic acid groups (broad SMARTS) is 1. The second-order valence-electron chi connectivity index (χ2n) is 0.305. The summed E-state index contributed by atoms with van der Waals surface area (Å²) in [6.45, 7) is -2.83. The van der Waals surface area contributed by atoms with E-state index in [-0.39, 0.29) is 0 Å². The van der Waals surface area contributed by atoms with E-state index in [2.05, 4.69) is 0 Å². The minimum Gasteiger partial charge on any atom is -0.481 e. The zero-order valence-corrected chi connectivity index (χ0v) is 1.86. The SMILES string of the molecule is [2H][13C]([2H])([2H])C(=O)O. The van der Waals surface area contributed by atoms with Crippen molar-refractivity contribution >= 4 is 5.97 Å². The maximum atomic E-state index is 9.46. The molecule has 0 amide bonds. The molecule has 0 saturated carbocycles. The Morgan fingerprint density at radius 1 is 2.50 bits per heavy atom. The molecule has 0 unspecified atom stereocenters. The first kappa shape index (κ1) is 0.708. The lowest BCUT2D eigenvalue weighted by Crippen LogP contribution is -1.78. The summed E-state index contributed by atoms with van der Waals surface area (Å²) in [6.07, 6.45) is 0. The highest BCUT2D eigenvalue weighted by Gasteiger charge is 1.65. The van der Waals surface area contributed by atoms with Gasteiger partial charge in [0.2, 0.25) is 0 Å². The molecular weight excluding hydrogens is 57.0 g/mol. The van der Waals surface area contributed by atoms with Crippen molar-refractivity contribution in [1.82, 2.24) is 0 Å². The van der Waals surface area contributed by atoms with E-state index in [1.54, 1.807) is 0 Å². The molecule has 0 fully saturated rings. The highest BCUT2D eigenvalue weighted by molar-refractivity contribution is 5.62. The summed E-state index contributed by atoms with van der Waals surface area (Å²) in [7, 11) is 0. The molecule has 0 atom stereocenters. The minimum atomic E-state index is -2.83. The Morgan fingerprint density at radius 3 is 2.75 bits per heavy atom. The van der Waals surface area contributed by atoms with E-state index in [1.165, 1.54) is 0 Å². The monoisotopic (exact) mass is 64.0 g/mol. The van der Waals surface area contributed by atoms with Gasteiger partial charge in [-0.25, -0.2) is 0 Å². The fraction of sp³-hybridized carbons (Fsp3) is 0.500. The summed E-state index contributed by atoms with van der Waals surface area (Å²) < 4.78 is 18.4. The molecule has 0 aliphatic rings. The first-order chi connectivity index (χ1) is 2.94. The Labute approximate surface area is 28.3 Å². The highest BCUT2D eigenvalue weighted by atomic mass is 16.4. The largest absolute Gasteiger partial charge is 0.481 e. The van der Waals surface area contributed by atoms with Crippen molar-refractivity contribution in [3.05, 3.63) is 0 Å². The molecule has 24 valence electrons. The van der Waals surface area contributed by atoms with Gasteiger partial charge in [0, 0.05) is 11.0 Å². The Balaban J connectivity index is 3.79. The third kappa shape index (κ3) is 1.16. The standard InChI is InChI=1S/C2H4O2/c1-2(3)4/h1H3,(H,3,4)/i1+1D3. The van der Waals surface area contributed by atoms with Crippen molar-refractivity contribution in [2.24, 2.45) is 0 Å². The Hall–Kier alpha value is -0.530. The van der Waals surface area contributed by atoms with Gasteiger partial charge in [-0.05, 0) is 0 Å². The quantitative estimate of drug-likeness (QED) is 0.405. The normalized spacial score (nSPS) is 20.5. The number of hydrogen-bond acceptors (Lipinski definition) is 1. The van der Waals surface area contributed by atoms with Crippen LogP contribution >= 0.6 is 0 Å². The smallest absolute Gasteiger partial charge is 0.300 e. The van der Waals surface area contributed by atoms with Crippen LogP contribution in [-0.2, 0) is 4.79 Å². The molecule has 0 aromatic heterocycles. The van der Waals surface area contributed by atoms with Crippen LogP contribution in [0.25, 0.3) is 0 Å². The van der Waals surface area contributed by atoms with E-state index in [9.17, 15) is 4.79 Å². The molecule has 2 heteroatoms. The van der Waals surface area contributed by atoms with Crippen molar-refractivity contribution < 1.29 is 14.0 Å². The molecule has 0 heterocycles. The van der Waals surface area contributed by atoms with Crippen LogP contribution in [0.2, 0.25) is 0 Å². The summed E-state index contributed by atoms with van der Waals surface area (Å²) in [4.78, 5) is 9.46. The predicted molar refractivity (Wildman–Crippen MR) is 13.3 cm³/mol. The maximum Gasteiger partial charge on any atom is 0.300 e. The number of rotatable bonds is 0. The molecule has 0 saturated heterocycles. The van der Waals surface area contributed by atoms with Crippen molar-refractivity contribution in [3.63, 3.8) is 0 Å². The van der Waals surface area contributed by atoms with Crippen LogP contribution in [0.5, 0.6) is 0 Å². The molecule has 0 aromatic carbocycles. The van der Waals surface area contributed by atoms with Gasteiger partial charge in [-0.3, -0.25) is 4.79 Å². The van der Waals surface area contributed by atoms with Crippen molar-refractivity contribution in [1.29, 1.82) is 0 Å². The van der Waals surface area contributed by atoms with Crippen LogP contribution in [0.1, 0.15) is 11.0 Å². The lowest BCUT2D eigenvalue weighted by molar-refractivity contribution is -0.134. The van der Waals surface area contributed by atoms with E-state index in [0.717, 1.165) is 0 Å². The molecule has 1 N–H and O–H groups in total. The van der Waals surface area contributed by atoms with Gasteiger partial charge in [-0.1, -0.05) is 0 Å². The van der Waals surface area contributed by atoms with Gasteiger partial charge in [0.05, 0.1) is 0 Å². The number of carbonyl (C=O) groups is 1. The number of aliphatic carboxylic acids is 1. The maximum absolute atomic E-state index is 9.46. The first-order valence-electron chi connectivity index (χ1n) is 2.18. The molecule has 0 aliphatic heterocycles. The summed E-state index contributed by atoms with van der Waals surface area (Å²) >= 11 is 0. The van der Waals surface area contributed by atoms with Gasteiger partial charge in [-0.15, -0.1) is 0 Å². The van der Waals surface area contributed by atoms with Crippen LogP contribution in [0.3, 0.4) is 0 Å². The summed E-state index contributed by atoms with van der Waals surface area (Å²) in [5, 5.41) is 7.69. The summed E-state index contributed by atoms with van der Waals surface area (Å²) in [5.41, 5.74) is 0. The van der Waals surface area contributed by atoms with Crippen LogP contribution in [0.15, 0.2) is 0 Å². The lowest BCUT2D eigenvalue weighted by Gasteiger charge is -1.59. The van der Waals surface area contributed by atoms with Crippen molar-refractivity contribution in [2.75, 3.05) is 0 Å². The minimum absolute atomic E-state index is 1.76. The second kappa shape index (κ2) is 0.875. The number of carboxylic acids is 1. The predicted octanol–water partition coefficient (Wildman–Crippen LogP) is 0.0909. The second-order valence-corrected chi connectivity index (χ2v) is 0.305. The third-order valence-electron chi connectivity index (χ3n) is 0. The number of hydrogen-bond donors (Lipinski definition) is 1. The van der Waals surface area contributed by atoms with Gasteiger partial charge in [0.1, 0.15) is 0 Å². The molecule has 0 aliphatic carbocycles. The van der Waals surface area contributed by atoms with Crippen LogP contribution in [-0.4, -0.2) is 11.1 Å². The first-order valence-corrected chi connectivity index (χ1v) is 0.678. The molecule has 2 nitrogen and oxygen atoms in total. The van der Waals surface area contributed by atoms with E-state index in [0.29, 0.717) is 0 Å². The third-order valence-corrected chi connectivity index (χ3v) is 0. The molecule has 0 rings (SSSR count). The topological polar surface area (TPSA) is 37.3 Å². The average molecular weight is 64.1 g/mol. The van der Waals surface area contributed by atoms with E-state index < -0.39 is 12.8 Å². The van der Waals surface area contributed by atoms with Gasteiger partial charge in [-0.2, -0.15) is 0 Å². The van der Waals surface area contributed by atoms with Gasteiger partial charge < -0.3 is 5.11 Å². The van der Waals surface area contributed by atoms with Crippen molar-refractivity contribution in [3.8, 4) is 0 Å². The van der Waals surface area contributed by atoms with Crippen LogP contribution in [0, 0.1) is 0 Å². The Morgan fingerprint density at radius 2 is 2.75 bits per heavy atom. The van der Waals surface area contributed by atoms with Crippen LogP contribution in [0.4, 0.5) is 0 Å². The Kier molecular flexibility index (Phi) is 0.155. The molecule has 0 bridgehead atoms. The molecule has 4 heavy (non-hydrogen) atoms. The molecule has 0 aromatic rings. The van der Waals surface area contributed by atoms with Crippen molar-refractivity contribution in [2.45, 2.75) is 6.85 Å². The Bertz CT molecular complexity index is 83.4.